The van der Waals surface area contributed by atoms with Crippen LogP contribution in [0.3, 0.4) is 0 Å². The van der Waals surface area contributed by atoms with Crippen molar-refractivity contribution in [2.75, 3.05) is 0 Å². The zero-order chi connectivity index (χ0) is 15.1. The Morgan fingerprint density at radius 1 is 1.10 bits per heavy atom. The summed E-state index contributed by atoms with van der Waals surface area (Å²) in [5.41, 5.74) is 6.48. The van der Waals surface area contributed by atoms with Crippen LogP contribution in [0.25, 0.3) is 0 Å². The van der Waals surface area contributed by atoms with Gasteiger partial charge in [-0.2, -0.15) is 0 Å². The smallest absolute Gasteiger partial charge is 0.269 e. The Hall–Kier alpha value is -2.14. The van der Waals surface area contributed by atoms with Crippen LogP contribution >= 0.6 is 11.3 Å². The molecule has 4 nitrogen and oxygen atoms in total. The van der Waals surface area contributed by atoms with E-state index < -0.39 is 0 Å². The lowest BCUT2D eigenvalue weighted by Crippen LogP contribution is -2.41. The molecule has 0 saturated heterocycles. The topological polar surface area (TPSA) is 58.2 Å². The van der Waals surface area contributed by atoms with Crippen LogP contribution in [0.15, 0.2) is 41.8 Å². The van der Waals surface area contributed by atoms with Crippen molar-refractivity contribution >= 4 is 23.2 Å². The zero-order valence-corrected chi connectivity index (χ0v) is 12.7. The van der Waals surface area contributed by atoms with Crippen molar-refractivity contribution in [1.82, 2.24) is 10.9 Å². The minimum absolute atomic E-state index is 0.174. The van der Waals surface area contributed by atoms with Crippen LogP contribution in [-0.4, -0.2) is 11.8 Å². The van der Waals surface area contributed by atoms with E-state index in [2.05, 4.69) is 16.9 Å². The standard InChI is InChI=1S/C16H18N2O2S/c1-12-7-9-13(10-8-12)16(20)18-17-15(19)6-2-4-14-5-3-11-21-14/h3,5,7-11H,2,4,6H2,1H3,(H,17,19)(H,18,20). The zero-order valence-electron chi connectivity index (χ0n) is 11.9. The van der Waals surface area contributed by atoms with Crippen LogP contribution in [0.5, 0.6) is 0 Å². The molecular formula is C16H18N2O2S. The van der Waals surface area contributed by atoms with Crippen LogP contribution in [-0.2, 0) is 11.2 Å². The maximum Gasteiger partial charge on any atom is 0.269 e. The van der Waals surface area contributed by atoms with Crippen LogP contribution in [0.1, 0.15) is 33.6 Å². The molecule has 0 fully saturated rings. The molecular weight excluding hydrogens is 284 g/mol. The van der Waals surface area contributed by atoms with E-state index >= 15 is 0 Å². The first-order valence-corrected chi connectivity index (χ1v) is 7.71. The molecule has 1 aromatic heterocycles. The Labute approximate surface area is 128 Å². The van der Waals surface area contributed by atoms with Crippen molar-refractivity contribution < 1.29 is 9.59 Å². The SMILES string of the molecule is Cc1ccc(C(=O)NNC(=O)CCCc2cccs2)cc1. The average molecular weight is 302 g/mol. The first kappa shape index (κ1) is 15.3. The summed E-state index contributed by atoms with van der Waals surface area (Å²) in [6, 6.07) is 11.2. The second kappa shape index (κ2) is 7.59. The molecule has 0 spiro atoms. The molecule has 2 rings (SSSR count). The molecule has 0 saturated carbocycles. The second-order valence-corrected chi connectivity index (χ2v) is 5.83. The van der Waals surface area contributed by atoms with Crippen LogP contribution in [0.4, 0.5) is 0 Å². The number of thiophene rings is 1. The van der Waals surface area contributed by atoms with Crippen molar-refractivity contribution in [2.24, 2.45) is 0 Å². The van der Waals surface area contributed by atoms with E-state index in [9.17, 15) is 9.59 Å². The van der Waals surface area contributed by atoms with Crippen molar-refractivity contribution in [3.05, 3.63) is 57.8 Å². The molecule has 2 N–H and O–H groups in total. The fraction of sp³-hybridized carbons (Fsp3) is 0.250. The van der Waals surface area contributed by atoms with Crippen molar-refractivity contribution in [3.63, 3.8) is 0 Å². The summed E-state index contributed by atoms with van der Waals surface area (Å²) in [4.78, 5) is 24.7. The first-order valence-electron chi connectivity index (χ1n) is 6.83. The third-order valence-corrected chi connectivity index (χ3v) is 3.97. The Morgan fingerprint density at radius 2 is 1.86 bits per heavy atom. The molecule has 0 aliphatic rings. The average Bonchev–Trinajstić information content (AvgIpc) is 2.99. The molecule has 110 valence electrons. The number of benzene rings is 1. The molecule has 0 bridgehead atoms. The number of amides is 2. The summed E-state index contributed by atoms with van der Waals surface area (Å²) < 4.78 is 0. The predicted octanol–water partition coefficient (Wildman–Crippen LogP) is 2.84. The van der Waals surface area contributed by atoms with Crippen molar-refractivity contribution in [3.8, 4) is 0 Å². The van der Waals surface area contributed by atoms with E-state index in [1.807, 2.05) is 30.5 Å². The summed E-state index contributed by atoms with van der Waals surface area (Å²) in [5.74, 6) is -0.478. The van der Waals surface area contributed by atoms with E-state index in [0.717, 1.165) is 18.4 Å². The van der Waals surface area contributed by atoms with Crippen LogP contribution in [0, 0.1) is 6.92 Å². The number of hydrazine groups is 1. The maximum absolute atomic E-state index is 11.8. The molecule has 1 aromatic carbocycles. The van der Waals surface area contributed by atoms with Gasteiger partial charge in [-0.25, -0.2) is 0 Å². The van der Waals surface area contributed by atoms with Gasteiger partial charge < -0.3 is 0 Å². The largest absolute Gasteiger partial charge is 0.273 e. The predicted molar refractivity (Wildman–Crippen MR) is 84.0 cm³/mol. The maximum atomic E-state index is 11.8. The summed E-state index contributed by atoms with van der Waals surface area (Å²) in [7, 11) is 0. The fourth-order valence-electron chi connectivity index (χ4n) is 1.84. The summed E-state index contributed by atoms with van der Waals surface area (Å²) in [5, 5.41) is 2.03. The van der Waals surface area contributed by atoms with Crippen molar-refractivity contribution in [1.29, 1.82) is 0 Å². The minimum Gasteiger partial charge on any atom is -0.273 e. The molecule has 0 aliphatic carbocycles. The highest BCUT2D eigenvalue weighted by Crippen LogP contribution is 2.11. The molecule has 0 radical (unpaired) electrons. The van der Waals surface area contributed by atoms with Gasteiger partial charge in [0.15, 0.2) is 0 Å². The highest BCUT2D eigenvalue weighted by atomic mass is 32.1. The number of aryl methyl sites for hydroxylation is 2. The molecule has 1 heterocycles. The summed E-state index contributed by atoms with van der Waals surface area (Å²) >= 11 is 1.69. The van der Waals surface area contributed by atoms with Crippen LogP contribution in [0.2, 0.25) is 0 Å². The molecule has 21 heavy (non-hydrogen) atoms. The van der Waals surface area contributed by atoms with Gasteiger partial charge in [-0.3, -0.25) is 20.4 Å². The number of rotatable bonds is 5. The fourth-order valence-corrected chi connectivity index (χ4v) is 2.60. The highest BCUT2D eigenvalue weighted by Gasteiger charge is 2.07. The number of nitrogens with one attached hydrogen (secondary N) is 2. The van der Waals surface area contributed by atoms with E-state index in [0.29, 0.717) is 12.0 Å². The molecule has 0 atom stereocenters. The van der Waals surface area contributed by atoms with E-state index in [1.54, 1.807) is 23.5 Å². The van der Waals surface area contributed by atoms with Gasteiger partial charge in [-0.15, -0.1) is 11.3 Å². The third kappa shape index (κ3) is 5.04. The third-order valence-electron chi connectivity index (χ3n) is 3.04. The second-order valence-electron chi connectivity index (χ2n) is 4.80. The van der Waals surface area contributed by atoms with Gasteiger partial charge in [0.2, 0.25) is 5.91 Å². The van der Waals surface area contributed by atoms with Crippen LogP contribution < -0.4 is 10.9 Å². The number of carbonyl (C=O) groups excluding carboxylic acids is 2. The first-order chi connectivity index (χ1) is 10.1. The molecule has 0 aliphatic heterocycles. The van der Waals surface area contributed by atoms with E-state index in [4.69, 9.17) is 0 Å². The van der Waals surface area contributed by atoms with E-state index in [-0.39, 0.29) is 11.8 Å². The summed E-state index contributed by atoms with van der Waals surface area (Å²) in [6.07, 6.45) is 2.05. The molecule has 2 aromatic rings. The summed E-state index contributed by atoms with van der Waals surface area (Å²) in [6.45, 7) is 1.96. The number of carbonyl (C=O) groups is 2. The van der Waals surface area contributed by atoms with Gasteiger partial charge in [0.1, 0.15) is 0 Å². The monoisotopic (exact) mass is 302 g/mol. The van der Waals surface area contributed by atoms with E-state index in [1.165, 1.54) is 4.88 Å². The van der Waals surface area contributed by atoms with Gasteiger partial charge in [-0.1, -0.05) is 23.8 Å². The lowest BCUT2D eigenvalue weighted by molar-refractivity contribution is -0.121. The molecule has 0 unspecified atom stereocenters. The van der Waals surface area contributed by atoms with Gasteiger partial charge in [-0.05, 0) is 43.3 Å². The lowest BCUT2D eigenvalue weighted by Gasteiger charge is -2.07. The Kier molecular flexibility index (Phi) is 5.51. The quantitative estimate of drug-likeness (QED) is 0.834. The van der Waals surface area contributed by atoms with Gasteiger partial charge in [0.05, 0.1) is 0 Å². The minimum atomic E-state index is -0.304. The normalized spacial score (nSPS) is 10.1. The van der Waals surface area contributed by atoms with Gasteiger partial charge in [0, 0.05) is 16.9 Å². The highest BCUT2D eigenvalue weighted by molar-refractivity contribution is 7.09. The number of hydrogen-bond acceptors (Lipinski definition) is 3. The van der Waals surface area contributed by atoms with Gasteiger partial charge >= 0.3 is 0 Å². The van der Waals surface area contributed by atoms with Crippen molar-refractivity contribution in [2.45, 2.75) is 26.2 Å². The molecule has 5 heteroatoms. The Bertz CT molecular complexity index is 591. The number of hydrogen-bond donors (Lipinski definition) is 2. The Balaban J connectivity index is 1.68. The molecule has 2 amide bonds. The lowest BCUT2D eigenvalue weighted by atomic mass is 10.1. The van der Waals surface area contributed by atoms with Gasteiger partial charge in [0.25, 0.3) is 5.91 Å². The Morgan fingerprint density at radius 3 is 2.52 bits per heavy atom.